The lowest BCUT2D eigenvalue weighted by Crippen LogP contribution is -1.94. The summed E-state index contributed by atoms with van der Waals surface area (Å²) < 4.78 is 0. The van der Waals surface area contributed by atoms with E-state index in [-0.39, 0.29) is 0 Å². The van der Waals surface area contributed by atoms with Crippen LogP contribution in [0.3, 0.4) is 0 Å². The molecule has 0 aliphatic carbocycles. The molecular weight excluding hydrogens is 208 g/mol. The first-order valence-corrected chi connectivity index (χ1v) is 5.43. The van der Waals surface area contributed by atoms with E-state index < -0.39 is 0 Å². The molecule has 4 nitrogen and oxygen atoms in total. The van der Waals surface area contributed by atoms with E-state index in [0.29, 0.717) is 5.82 Å². The van der Waals surface area contributed by atoms with Gasteiger partial charge in [-0.25, -0.2) is 9.97 Å². The Kier molecular flexibility index (Phi) is 3.14. The van der Waals surface area contributed by atoms with Crippen molar-refractivity contribution in [1.29, 1.82) is 0 Å². The fourth-order valence-corrected chi connectivity index (χ4v) is 1.77. The van der Waals surface area contributed by atoms with Crippen molar-refractivity contribution in [2.45, 2.75) is 10.8 Å². The van der Waals surface area contributed by atoms with E-state index in [1.165, 1.54) is 0 Å². The lowest BCUT2D eigenvalue weighted by molar-refractivity contribution is 1.09. The molecule has 2 aromatic heterocycles. The van der Waals surface area contributed by atoms with E-state index in [9.17, 15) is 0 Å². The average Bonchev–Trinajstić information content (AvgIpc) is 2.30. The monoisotopic (exact) mass is 218 g/mol. The number of aromatic nitrogens is 3. The van der Waals surface area contributed by atoms with Crippen LogP contribution in [0.1, 0.15) is 5.69 Å². The van der Waals surface area contributed by atoms with Crippen molar-refractivity contribution in [2.75, 3.05) is 5.73 Å². The maximum atomic E-state index is 5.44. The first-order chi connectivity index (χ1) is 7.34. The Morgan fingerprint density at radius 1 is 1.13 bits per heavy atom. The summed E-state index contributed by atoms with van der Waals surface area (Å²) in [4.78, 5) is 12.3. The zero-order valence-electron chi connectivity index (χ0n) is 8.00. The normalized spacial score (nSPS) is 10.1. The smallest absolute Gasteiger partial charge is 0.141 e. The number of nitrogens with two attached hydrogens (primary N) is 1. The molecular formula is C10H10N4S. The van der Waals surface area contributed by atoms with Crippen molar-refractivity contribution in [1.82, 2.24) is 15.0 Å². The summed E-state index contributed by atoms with van der Waals surface area (Å²) in [5, 5.41) is 0.983. The molecule has 0 amide bonds. The van der Waals surface area contributed by atoms with Crippen LogP contribution >= 0.6 is 11.8 Å². The van der Waals surface area contributed by atoms with Crippen LogP contribution in [-0.2, 0) is 5.75 Å². The molecule has 0 atom stereocenters. The largest absolute Gasteiger partial charge is 0.382 e. The van der Waals surface area contributed by atoms with Crippen LogP contribution < -0.4 is 5.73 Å². The van der Waals surface area contributed by atoms with Gasteiger partial charge >= 0.3 is 0 Å². The van der Waals surface area contributed by atoms with Crippen LogP contribution in [-0.4, -0.2) is 15.0 Å². The van der Waals surface area contributed by atoms with Crippen LogP contribution in [0.4, 0.5) is 5.82 Å². The Morgan fingerprint density at radius 3 is 2.73 bits per heavy atom. The lowest BCUT2D eigenvalue weighted by atomic mass is 10.5. The fraction of sp³-hybridized carbons (Fsp3) is 0.100. The molecule has 0 aliphatic rings. The first kappa shape index (κ1) is 9.92. The molecule has 2 N–H and O–H groups in total. The van der Waals surface area contributed by atoms with Crippen LogP contribution in [0.15, 0.2) is 41.8 Å². The molecule has 0 unspecified atom stereocenters. The van der Waals surface area contributed by atoms with E-state index >= 15 is 0 Å². The minimum absolute atomic E-state index is 0.446. The van der Waals surface area contributed by atoms with Crippen molar-refractivity contribution >= 4 is 17.6 Å². The number of thioether (sulfide) groups is 1. The quantitative estimate of drug-likeness (QED) is 0.795. The molecule has 0 aromatic carbocycles. The van der Waals surface area contributed by atoms with Gasteiger partial charge in [0.15, 0.2) is 0 Å². The van der Waals surface area contributed by atoms with Gasteiger partial charge in [-0.1, -0.05) is 17.8 Å². The topological polar surface area (TPSA) is 64.7 Å². The number of nitrogen functional groups attached to an aromatic ring is 1. The summed E-state index contributed by atoms with van der Waals surface area (Å²) in [7, 11) is 0. The highest BCUT2D eigenvalue weighted by Crippen LogP contribution is 2.18. The Labute approximate surface area is 92.0 Å². The standard InChI is InChI=1S/C10H10N4S/c11-9-6-13-8(5-14-9)7-15-10-3-1-2-4-12-10/h1-6H,7H2,(H2,11,14). The zero-order valence-corrected chi connectivity index (χ0v) is 8.81. The summed E-state index contributed by atoms with van der Waals surface area (Å²) in [5.74, 6) is 1.20. The highest BCUT2D eigenvalue weighted by molar-refractivity contribution is 7.98. The molecule has 0 radical (unpaired) electrons. The predicted molar refractivity (Wildman–Crippen MR) is 60.2 cm³/mol. The van der Waals surface area contributed by atoms with Gasteiger partial charge in [0.1, 0.15) is 5.82 Å². The highest BCUT2D eigenvalue weighted by Gasteiger charge is 1.98. The zero-order chi connectivity index (χ0) is 10.5. The van der Waals surface area contributed by atoms with Crippen molar-refractivity contribution < 1.29 is 0 Å². The summed E-state index contributed by atoms with van der Waals surface area (Å²) >= 11 is 1.62. The molecule has 0 saturated heterocycles. The van der Waals surface area contributed by atoms with E-state index in [2.05, 4.69) is 15.0 Å². The van der Waals surface area contributed by atoms with Crippen LogP contribution in [0.5, 0.6) is 0 Å². The number of hydrogen-bond acceptors (Lipinski definition) is 5. The molecule has 0 spiro atoms. The van der Waals surface area contributed by atoms with Crippen molar-refractivity contribution in [2.24, 2.45) is 0 Å². The van der Waals surface area contributed by atoms with Gasteiger partial charge in [-0.05, 0) is 12.1 Å². The molecule has 5 heteroatoms. The molecule has 0 aliphatic heterocycles. The summed E-state index contributed by atoms with van der Waals surface area (Å²) in [6.45, 7) is 0. The van der Waals surface area contributed by atoms with Gasteiger partial charge in [0, 0.05) is 11.9 Å². The fourth-order valence-electron chi connectivity index (χ4n) is 1.02. The van der Waals surface area contributed by atoms with E-state index in [1.807, 2.05) is 18.2 Å². The molecule has 2 heterocycles. The van der Waals surface area contributed by atoms with Crippen LogP contribution in [0.2, 0.25) is 0 Å². The SMILES string of the molecule is Nc1cnc(CSc2ccccn2)cn1. The Bertz CT molecular complexity index is 415. The molecule has 15 heavy (non-hydrogen) atoms. The molecule has 0 saturated carbocycles. The molecule has 2 aromatic rings. The molecule has 0 fully saturated rings. The Morgan fingerprint density at radius 2 is 2.07 bits per heavy atom. The average molecular weight is 218 g/mol. The summed E-state index contributed by atoms with van der Waals surface area (Å²) in [6, 6.07) is 5.83. The minimum Gasteiger partial charge on any atom is -0.382 e. The van der Waals surface area contributed by atoms with Crippen molar-refractivity contribution in [3.05, 3.63) is 42.5 Å². The molecule has 0 bridgehead atoms. The minimum atomic E-state index is 0.446. The third-order valence-corrected chi connectivity index (χ3v) is 2.71. The first-order valence-electron chi connectivity index (χ1n) is 4.45. The Balaban J connectivity index is 1.96. The number of hydrogen-bond donors (Lipinski definition) is 1. The predicted octanol–water partition coefficient (Wildman–Crippen LogP) is 1.75. The second-order valence-corrected chi connectivity index (χ2v) is 3.88. The number of pyridine rings is 1. The third-order valence-electron chi connectivity index (χ3n) is 1.73. The van der Waals surface area contributed by atoms with Crippen LogP contribution in [0.25, 0.3) is 0 Å². The third kappa shape index (κ3) is 2.92. The lowest BCUT2D eigenvalue weighted by Gasteiger charge is -1.99. The highest BCUT2D eigenvalue weighted by atomic mass is 32.2. The van der Waals surface area contributed by atoms with Gasteiger partial charge in [-0.15, -0.1) is 0 Å². The van der Waals surface area contributed by atoms with Crippen molar-refractivity contribution in [3.63, 3.8) is 0 Å². The number of nitrogens with zero attached hydrogens (tertiary/aromatic N) is 3. The van der Waals surface area contributed by atoms with E-state index in [1.54, 1.807) is 30.4 Å². The second kappa shape index (κ2) is 4.75. The number of rotatable bonds is 3. The summed E-state index contributed by atoms with van der Waals surface area (Å²) in [6.07, 6.45) is 5.02. The molecule has 2 rings (SSSR count). The van der Waals surface area contributed by atoms with Gasteiger partial charge in [0.25, 0.3) is 0 Å². The maximum Gasteiger partial charge on any atom is 0.141 e. The van der Waals surface area contributed by atoms with Gasteiger partial charge in [-0.2, -0.15) is 0 Å². The van der Waals surface area contributed by atoms with Gasteiger partial charge in [0.05, 0.1) is 23.1 Å². The van der Waals surface area contributed by atoms with Crippen molar-refractivity contribution in [3.8, 4) is 0 Å². The van der Waals surface area contributed by atoms with Crippen LogP contribution in [0, 0.1) is 0 Å². The summed E-state index contributed by atoms with van der Waals surface area (Å²) in [5.41, 5.74) is 6.34. The van der Waals surface area contributed by atoms with Gasteiger partial charge in [0.2, 0.25) is 0 Å². The molecule has 76 valence electrons. The van der Waals surface area contributed by atoms with Gasteiger partial charge < -0.3 is 5.73 Å². The van der Waals surface area contributed by atoms with Gasteiger partial charge in [-0.3, -0.25) is 4.98 Å². The Hall–Kier alpha value is -1.62. The maximum absolute atomic E-state index is 5.44. The van der Waals surface area contributed by atoms with E-state index in [4.69, 9.17) is 5.73 Å². The second-order valence-electron chi connectivity index (χ2n) is 2.89. The van der Waals surface area contributed by atoms with E-state index in [0.717, 1.165) is 16.5 Å². The number of anilines is 1.